The second-order valence-corrected chi connectivity index (χ2v) is 7.19. The van der Waals surface area contributed by atoms with E-state index in [0.29, 0.717) is 0 Å². The maximum absolute atomic E-state index is 4.84. The molecule has 6 rings (SSSR count). The van der Waals surface area contributed by atoms with Gasteiger partial charge in [-0.2, -0.15) is 0 Å². The molecule has 0 unspecified atom stereocenters. The summed E-state index contributed by atoms with van der Waals surface area (Å²) in [5.74, 6) is 0. The van der Waals surface area contributed by atoms with Crippen molar-refractivity contribution < 1.29 is 0 Å². The van der Waals surface area contributed by atoms with Gasteiger partial charge < -0.3 is 0 Å². The summed E-state index contributed by atoms with van der Waals surface area (Å²) in [5, 5.41) is 5.00. The standard InChI is InChI=1S/C21H12N2S/c1-2-7-14-13(6-1)12-22-21-19(14)15-8-5-11-18-20(15)23(21)16-9-3-4-10-17(16)24-18/h1-12H. The molecule has 0 atom stereocenters. The van der Waals surface area contributed by atoms with Crippen LogP contribution < -0.4 is 0 Å². The second kappa shape index (κ2) is 4.40. The molecule has 0 N–H and O–H groups in total. The zero-order valence-electron chi connectivity index (χ0n) is 12.7. The molecule has 0 saturated heterocycles. The molecule has 1 aliphatic rings. The number of pyridine rings is 1. The van der Waals surface area contributed by atoms with Gasteiger partial charge in [0.15, 0.2) is 0 Å². The van der Waals surface area contributed by atoms with Crippen LogP contribution in [0.3, 0.4) is 0 Å². The van der Waals surface area contributed by atoms with Crippen molar-refractivity contribution >= 4 is 44.5 Å². The number of aromatic nitrogens is 2. The minimum Gasteiger partial charge on any atom is -0.292 e. The second-order valence-electron chi connectivity index (χ2n) is 6.10. The van der Waals surface area contributed by atoms with Crippen molar-refractivity contribution in [1.82, 2.24) is 9.55 Å². The van der Waals surface area contributed by atoms with Crippen molar-refractivity contribution in [2.75, 3.05) is 0 Å². The molecule has 0 spiro atoms. The minimum absolute atomic E-state index is 1.05. The molecule has 2 nitrogen and oxygen atoms in total. The zero-order chi connectivity index (χ0) is 15.7. The first-order valence-electron chi connectivity index (χ1n) is 8.00. The summed E-state index contributed by atoms with van der Waals surface area (Å²) in [5.41, 5.74) is 3.55. The summed E-state index contributed by atoms with van der Waals surface area (Å²) >= 11 is 1.85. The molecule has 0 amide bonds. The normalized spacial score (nSPS) is 12.8. The molecule has 0 radical (unpaired) electrons. The Morgan fingerprint density at radius 1 is 0.750 bits per heavy atom. The largest absolute Gasteiger partial charge is 0.292 e. The highest BCUT2D eigenvalue weighted by Crippen LogP contribution is 2.47. The summed E-state index contributed by atoms with van der Waals surface area (Å²) in [6.45, 7) is 0. The Balaban J connectivity index is 1.96. The predicted molar refractivity (Wildman–Crippen MR) is 100 cm³/mol. The summed E-state index contributed by atoms with van der Waals surface area (Å²) in [7, 11) is 0. The summed E-state index contributed by atoms with van der Waals surface area (Å²) in [4.78, 5) is 7.43. The molecule has 112 valence electrons. The van der Waals surface area contributed by atoms with Gasteiger partial charge in [-0.3, -0.25) is 4.57 Å². The average molecular weight is 324 g/mol. The molecule has 3 heteroatoms. The number of benzene rings is 3. The maximum atomic E-state index is 4.84. The van der Waals surface area contributed by atoms with Gasteiger partial charge in [0.05, 0.1) is 11.2 Å². The van der Waals surface area contributed by atoms with E-state index in [-0.39, 0.29) is 0 Å². The monoisotopic (exact) mass is 324 g/mol. The third-order valence-corrected chi connectivity index (χ3v) is 5.92. The van der Waals surface area contributed by atoms with Crippen molar-refractivity contribution in [3.63, 3.8) is 0 Å². The minimum atomic E-state index is 1.05. The van der Waals surface area contributed by atoms with Gasteiger partial charge in [0.2, 0.25) is 0 Å². The molecule has 1 aliphatic heterocycles. The van der Waals surface area contributed by atoms with Gasteiger partial charge in [0.25, 0.3) is 0 Å². The molecule has 5 aromatic rings. The van der Waals surface area contributed by atoms with Gasteiger partial charge in [-0.1, -0.05) is 60.3 Å². The van der Waals surface area contributed by atoms with Gasteiger partial charge in [-0.15, -0.1) is 0 Å². The molecule has 24 heavy (non-hydrogen) atoms. The van der Waals surface area contributed by atoms with E-state index in [2.05, 4.69) is 71.3 Å². The first kappa shape index (κ1) is 12.6. The molecule has 3 heterocycles. The van der Waals surface area contributed by atoms with Crippen molar-refractivity contribution in [3.05, 3.63) is 72.9 Å². The van der Waals surface area contributed by atoms with Gasteiger partial charge in [0.1, 0.15) is 5.65 Å². The number of rotatable bonds is 0. The highest BCUT2D eigenvalue weighted by atomic mass is 32.2. The van der Waals surface area contributed by atoms with Gasteiger partial charge >= 0.3 is 0 Å². The van der Waals surface area contributed by atoms with Gasteiger partial charge in [-0.25, -0.2) is 4.98 Å². The van der Waals surface area contributed by atoms with Crippen LogP contribution in [0.1, 0.15) is 0 Å². The van der Waals surface area contributed by atoms with Crippen LogP contribution in [0, 0.1) is 0 Å². The van der Waals surface area contributed by atoms with Crippen molar-refractivity contribution in [3.8, 4) is 5.69 Å². The Morgan fingerprint density at radius 2 is 1.54 bits per heavy atom. The Bertz CT molecular complexity index is 1280. The first-order chi connectivity index (χ1) is 11.9. The molecular weight excluding hydrogens is 312 g/mol. The highest BCUT2D eigenvalue weighted by molar-refractivity contribution is 7.99. The van der Waals surface area contributed by atoms with Crippen LogP contribution in [0.25, 0.3) is 38.4 Å². The van der Waals surface area contributed by atoms with E-state index < -0.39 is 0 Å². The Hall–Kier alpha value is -2.78. The average Bonchev–Trinajstić information content (AvgIpc) is 2.99. The Morgan fingerprint density at radius 3 is 2.54 bits per heavy atom. The lowest BCUT2D eigenvalue weighted by atomic mass is 10.1. The first-order valence-corrected chi connectivity index (χ1v) is 8.81. The van der Waals surface area contributed by atoms with Crippen molar-refractivity contribution in [2.45, 2.75) is 9.79 Å². The highest BCUT2D eigenvalue weighted by Gasteiger charge is 2.23. The van der Waals surface area contributed by atoms with Gasteiger partial charge in [0, 0.05) is 32.1 Å². The fourth-order valence-electron chi connectivity index (χ4n) is 3.81. The molecule has 0 bridgehead atoms. The van der Waals surface area contributed by atoms with Crippen LogP contribution in [-0.4, -0.2) is 9.55 Å². The van der Waals surface area contributed by atoms with E-state index >= 15 is 0 Å². The number of para-hydroxylation sites is 2. The smallest absolute Gasteiger partial charge is 0.146 e. The van der Waals surface area contributed by atoms with E-state index in [9.17, 15) is 0 Å². The lowest BCUT2D eigenvalue weighted by Gasteiger charge is -2.19. The molecule has 3 aromatic carbocycles. The third kappa shape index (κ3) is 1.46. The fraction of sp³-hybridized carbons (Fsp3) is 0. The number of hydrogen-bond acceptors (Lipinski definition) is 2. The number of hydrogen-bond donors (Lipinski definition) is 0. The van der Waals surface area contributed by atoms with Crippen LogP contribution in [-0.2, 0) is 0 Å². The van der Waals surface area contributed by atoms with Crippen LogP contribution in [0.4, 0.5) is 0 Å². The third-order valence-electron chi connectivity index (χ3n) is 4.81. The summed E-state index contributed by atoms with van der Waals surface area (Å²) < 4.78 is 2.33. The van der Waals surface area contributed by atoms with Crippen LogP contribution in [0.2, 0.25) is 0 Å². The molecular formula is C21H12N2S. The fourth-order valence-corrected chi connectivity index (χ4v) is 4.90. The van der Waals surface area contributed by atoms with Crippen molar-refractivity contribution in [1.29, 1.82) is 0 Å². The summed E-state index contributed by atoms with van der Waals surface area (Å²) in [6, 6.07) is 23.7. The maximum Gasteiger partial charge on any atom is 0.146 e. The Labute approximate surface area is 142 Å². The molecule has 0 saturated carbocycles. The van der Waals surface area contributed by atoms with Crippen molar-refractivity contribution in [2.24, 2.45) is 0 Å². The summed E-state index contributed by atoms with van der Waals surface area (Å²) in [6.07, 6.45) is 1.99. The predicted octanol–water partition coefficient (Wildman–Crippen LogP) is 5.80. The number of nitrogens with zero attached hydrogens (tertiary/aromatic N) is 2. The molecule has 0 fully saturated rings. The van der Waals surface area contributed by atoms with E-state index in [1.54, 1.807) is 0 Å². The number of fused-ring (bicyclic) bond motifs is 7. The lowest BCUT2D eigenvalue weighted by molar-refractivity contribution is 1.07. The lowest BCUT2D eigenvalue weighted by Crippen LogP contribution is -2.01. The van der Waals surface area contributed by atoms with Crippen LogP contribution in [0.5, 0.6) is 0 Å². The zero-order valence-corrected chi connectivity index (χ0v) is 13.5. The topological polar surface area (TPSA) is 17.8 Å². The van der Waals surface area contributed by atoms with Crippen LogP contribution >= 0.6 is 11.8 Å². The Kier molecular flexibility index (Phi) is 2.31. The van der Waals surface area contributed by atoms with Crippen LogP contribution in [0.15, 0.2) is 82.7 Å². The molecule has 0 aliphatic carbocycles. The SMILES string of the molecule is c1ccc2c(c1)Sc1cccc3c4c5ccccc5cnc4n-2c13. The van der Waals surface area contributed by atoms with E-state index in [4.69, 9.17) is 4.98 Å². The van der Waals surface area contributed by atoms with Gasteiger partial charge in [-0.05, 0) is 23.6 Å². The molecule has 2 aromatic heterocycles. The van der Waals surface area contributed by atoms with E-state index in [0.717, 1.165) is 5.65 Å². The van der Waals surface area contributed by atoms with E-state index in [1.807, 2.05) is 18.0 Å². The van der Waals surface area contributed by atoms with E-state index in [1.165, 1.54) is 42.5 Å². The quantitative estimate of drug-likeness (QED) is 0.351.